The smallest absolute Gasteiger partial charge is 0.0204 e. The maximum atomic E-state index is 2.64. The zero-order valence-electron chi connectivity index (χ0n) is 28.7. The normalized spacial score (nSPS) is 35.3. The summed E-state index contributed by atoms with van der Waals surface area (Å²) in [5.74, 6) is 6.73. The molecule has 3 saturated carbocycles. The first-order chi connectivity index (χ1) is 17.4. The van der Waals surface area contributed by atoms with Crippen LogP contribution in [0, 0.1) is 46.8 Å². The van der Waals surface area contributed by atoms with Gasteiger partial charge in [-0.1, -0.05) is 128 Å². The summed E-state index contributed by atoms with van der Waals surface area (Å²) < 4.78 is 0. The predicted octanol–water partition coefficient (Wildman–Crippen LogP) is 11.9. The first kappa shape index (κ1) is 37.0. The van der Waals surface area contributed by atoms with Crippen LogP contribution in [0.15, 0.2) is 0 Å². The molecule has 0 amide bonds. The van der Waals surface area contributed by atoms with Crippen molar-refractivity contribution in [3.05, 3.63) is 0 Å². The van der Waals surface area contributed by atoms with E-state index >= 15 is 0 Å². The van der Waals surface area contributed by atoms with Crippen molar-refractivity contribution in [3.8, 4) is 0 Å². The molecule has 0 N–H and O–H groups in total. The Morgan fingerprint density at radius 3 is 1.41 bits per heavy atom. The van der Waals surface area contributed by atoms with Crippen molar-refractivity contribution in [2.24, 2.45) is 46.8 Å². The van der Waals surface area contributed by atoms with Gasteiger partial charge in [-0.3, -0.25) is 0 Å². The third-order valence-corrected chi connectivity index (χ3v) is 10.6. The van der Waals surface area contributed by atoms with Crippen LogP contribution in [0.1, 0.15) is 167 Å². The summed E-state index contributed by atoms with van der Waals surface area (Å²) in [6, 6.07) is 0. The van der Waals surface area contributed by atoms with Gasteiger partial charge < -0.3 is 4.90 Å². The van der Waals surface area contributed by atoms with E-state index in [1.165, 1.54) is 77.2 Å². The highest BCUT2D eigenvalue weighted by Gasteiger charge is 2.43. The molecule has 3 aliphatic carbocycles. The van der Waals surface area contributed by atoms with E-state index in [0.717, 1.165) is 41.4 Å². The van der Waals surface area contributed by atoms with Crippen molar-refractivity contribution in [3.63, 3.8) is 0 Å². The average Bonchev–Trinajstić information content (AvgIpc) is 2.87. The monoisotopic (exact) mass is 522 g/mol. The molecule has 1 heteroatoms. The Bertz CT molecular complexity index is 548. The summed E-state index contributed by atoms with van der Waals surface area (Å²) in [5.41, 5.74) is 1.12. The molecule has 0 aromatic carbocycles. The largest absolute Gasteiger partial charge is 0.300 e. The first-order valence-corrected chi connectivity index (χ1v) is 17.1. The SMILES string of the molecule is CC.CC.CC(C)C.CC(C)C1(C)CC2CCCCC2CN1C.CC(C)C1(C)CCC2CCCCC2C1. The van der Waals surface area contributed by atoms with Crippen LogP contribution in [0.5, 0.6) is 0 Å². The Morgan fingerprint density at radius 2 is 0.973 bits per heavy atom. The molecule has 1 heterocycles. The summed E-state index contributed by atoms with van der Waals surface area (Å²) in [5, 5.41) is 0. The van der Waals surface area contributed by atoms with Crippen LogP contribution in [-0.4, -0.2) is 24.0 Å². The molecule has 0 bridgehead atoms. The van der Waals surface area contributed by atoms with E-state index in [1.54, 1.807) is 6.42 Å². The van der Waals surface area contributed by atoms with Gasteiger partial charge in [0.2, 0.25) is 0 Å². The molecular formula is C36H75N. The zero-order valence-corrected chi connectivity index (χ0v) is 28.7. The second-order valence-corrected chi connectivity index (χ2v) is 14.5. The van der Waals surface area contributed by atoms with E-state index in [1.807, 2.05) is 27.7 Å². The fraction of sp³-hybridized carbons (Fsp3) is 1.00. The van der Waals surface area contributed by atoms with Crippen LogP contribution in [0.4, 0.5) is 0 Å². The van der Waals surface area contributed by atoms with Gasteiger partial charge in [0.15, 0.2) is 0 Å². The highest BCUT2D eigenvalue weighted by Crippen LogP contribution is 2.51. The van der Waals surface area contributed by atoms with Gasteiger partial charge >= 0.3 is 0 Å². The lowest BCUT2D eigenvalue weighted by Gasteiger charge is -2.53. The fourth-order valence-electron chi connectivity index (χ4n) is 7.39. The predicted molar refractivity (Wildman–Crippen MR) is 171 cm³/mol. The summed E-state index contributed by atoms with van der Waals surface area (Å²) in [6.07, 6.45) is 18.0. The highest BCUT2D eigenvalue weighted by molar-refractivity contribution is 4.97. The van der Waals surface area contributed by atoms with Gasteiger partial charge in [-0.25, -0.2) is 0 Å². The van der Waals surface area contributed by atoms with E-state index in [-0.39, 0.29) is 0 Å². The maximum Gasteiger partial charge on any atom is 0.0204 e. The van der Waals surface area contributed by atoms with Crippen LogP contribution in [0.25, 0.3) is 0 Å². The topological polar surface area (TPSA) is 3.24 Å². The number of hydrogen-bond acceptors (Lipinski definition) is 1. The van der Waals surface area contributed by atoms with Gasteiger partial charge in [0.1, 0.15) is 0 Å². The number of likely N-dealkylation sites (tertiary alicyclic amines) is 1. The van der Waals surface area contributed by atoms with Crippen molar-refractivity contribution in [1.82, 2.24) is 4.90 Å². The molecule has 4 fully saturated rings. The van der Waals surface area contributed by atoms with E-state index in [4.69, 9.17) is 0 Å². The summed E-state index contributed by atoms with van der Waals surface area (Å²) in [4.78, 5) is 2.64. The minimum absolute atomic E-state index is 0.457. The number of nitrogens with zero attached hydrogens (tertiary/aromatic N) is 1. The van der Waals surface area contributed by atoms with Gasteiger partial charge in [-0.2, -0.15) is 0 Å². The molecule has 37 heavy (non-hydrogen) atoms. The molecule has 1 saturated heterocycles. The molecule has 4 aliphatic rings. The Labute approximate surface area is 237 Å². The van der Waals surface area contributed by atoms with Gasteiger partial charge in [0.05, 0.1) is 0 Å². The molecular weight excluding hydrogens is 446 g/mol. The Balaban J connectivity index is 0.000000550. The zero-order chi connectivity index (χ0) is 28.8. The Kier molecular flexibility index (Phi) is 18.3. The lowest BCUT2D eigenvalue weighted by Crippen LogP contribution is -2.56. The fourth-order valence-corrected chi connectivity index (χ4v) is 7.39. The van der Waals surface area contributed by atoms with Crippen LogP contribution in [0.3, 0.4) is 0 Å². The van der Waals surface area contributed by atoms with Crippen LogP contribution >= 0.6 is 0 Å². The van der Waals surface area contributed by atoms with E-state index in [2.05, 4.69) is 74.3 Å². The number of rotatable bonds is 2. The number of hydrogen-bond donors (Lipinski definition) is 0. The molecule has 1 nitrogen and oxygen atoms in total. The van der Waals surface area contributed by atoms with Crippen molar-refractivity contribution >= 4 is 0 Å². The van der Waals surface area contributed by atoms with Crippen LogP contribution in [-0.2, 0) is 0 Å². The lowest BCUT2D eigenvalue weighted by atomic mass is 9.58. The molecule has 6 unspecified atom stereocenters. The third-order valence-electron chi connectivity index (χ3n) is 10.6. The molecule has 6 atom stereocenters. The second kappa shape index (κ2) is 18.3. The van der Waals surface area contributed by atoms with Gasteiger partial charge in [0.25, 0.3) is 0 Å². The standard InChI is InChI=1S/C14H27N.C14H26.C4H10.2C2H6/c1-11(2)14(3)9-12-7-5-6-8-13(12)10-15(14)4;1-11(2)14(3)9-8-12-6-4-5-7-13(12)10-14;1-4(2)3;2*1-2/h11-13H,5-10H2,1-4H3;11-13H,4-10H2,1-3H3;4H,1-3H3;2*1-2H3. The van der Waals surface area contributed by atoms with Gasteiger partial charge in [0, 0.05) is 12.1 Å². The Morgan fingerprint density at radius 1 is 0.568 bits per heavy atom. The Hall–Kier alpha value is -0.0400. The molecule has 0 radical (unpaired) electrons. The van der Waals surface area contributed by atoms with Crippen molar-refractivity contribution in [2.45, 2.75) is 173 Å². The maximum absolute atomic E-state index is 2.64. The summed E-state index contributed by atoms with van der Waals surface area (Å²) in [7, 11) is 2.34. The first-order valence-electron chi connectivity index (χ1n) is 17.1. The minimum atomic E-state index is 0.457. The highest BCUT2D eigenvalue weighted by atomic mass is 15.2. The molecule has 0 aromatic rings. The minimum Gasteiger partial charge on any atom is -0.300 e. The average molecular weight is 522 g/mol. The van der Waals surface area contributed by atoms with Gasteiger partial charge in [-0.05, 0) is 92.9 Å². The molecule has 0 spiro atoms. The number of piperidine rings is 1. The van der Waals surface area contributed by atoms with Crippen LogP contribution in [0.2, 0.25) is 0 Å². The molecule has 0 aromatic heterocycles. The number of fused-ring (bicyclic) bond motifs is 2. The van der Waals surface area contributed by atoms with E-state index < -0.39 is 0 Å². The molecule has 1 aliphatic heterocycles. The lowest BCUT2D eigenvalue weighted by molar-refractivity contribution is -0.0281. The second-order valence-electron chi connectivity index (χ2n) is 14.5. The molecule has 4 rings (SSSR count). The van der Waals surface area contributed by atoms with Crippen molar-refractivity contribution < 1.29 is 0 Å². The quantitative estimate of drug-likeness (QED) is 0.349. The van der Waals surface area contributed by atoms with Gasteiger partial charge in [-0.15, -0.1) is 0 Å². The third kappa shape index (κ3) is 11.5. The summed E-state index contributed by atoms with van der Waals surface area (Å²) in [6.45, 7) is 30.5. The van der Waals surface area contributed by atoms with E-state index in [0.29, 0.717) is 11.0 Å². The van der Waals surface area contributed by atoms with Crippen LogP contribution < -0.4 is 0 Å². The van der Waals surface area contributed by atoms with Crippen molar-refractivity contribution in [1.29, 1.82) is 0 Å². The molecule has 224 valence electrons. The van der Waals surface area contributed by atoms with Crippen molar-refractivity contribution in [2.75, 3.05) is 13.6 Å². The van der Waals surface area contributed by atoms with E-state index in [9.17, 15) is 0 Å². The summed E-state index contributed by atoms with van der Waals surface area (Å²) >= 11 is 0.